The number of esters is 2. The van der Waals surface area contributed by atoms with Gasteiger partial charge in [-0.1, -0.05) is 18.2 Å². The van der Waals surface area contributed by atoms with Crippen molar-refractivity contribution >= 4 is 17.7 Å². The number of ether oxygens (including phenoxy) is 2. The molecule has 0 heterocycles. The molecule has 5 nitrogen and oxygen atoms in total. The van der Waals surface area contributed by atoms with E-state index in [0.717, 1.165) is 5.57 Å². The molecule has 0 aromatic carbocycles. The molecule has 0 aliphatic heterocycles. The van der Waals surface area contributed by atoms with E-state index in [-0.39, 0.29) is 18.6 Å². The van der Waals surface area contributed by atoms with Crippen molar-refractivity contribution in [2.45, 2.75) is 19.8 Å². The summed E-state index contributed by atoms with van der Waals surface area (Å²) in [5.74, 6) is -1.43. The highest BCUT2D eigenvalue weighted by atomic mass is 16.5. The maximum absolute atomic E-state index is 12.3. The number of carbonyl (C=O) groups excluding carboxylic acids is 3. The predicted molar refractivity (Wildman–Crippen MR) is 78.7 cm³/mol. The van der Waals surface area contributed by atoms with Gasteiger partial charge in [-0.25, -0.2) is 0 Å². The fraction of sp³-hybridized carbons (Fsp3) is 0.412. The Morgan fingerprint density at radius 1 is 1.27 bits per heavy atom. The third-order valence-corrected chi connectivity index (χ3v) is 4.56. The van der Waals surface area contributed by atoms with Gasteiger partial charge < -0.3 is 9.47 Å². The molecule has 1 fully saturated rings. The zero-order valence-electron chi connectivity index (χ0n) is 12.9. The fourth-order valence-corrected chi connectivity index (χ4v) is 3.37. The highest BCUT2D eigenvalue weighted by Crippen LogP contribution is 2.58. The van der Waals surface area contributed by atoms with Gasteiger partial charge in [0.2, 0.25) is 0 Å². The first-order valence-electron chi connectivity index (χ1n) is 6.84. The van der Waals surface area contributed by atoms with Crippen molar-refractivity contribution in [2.24, 2.45) is 10.8 Å². The van der Waals surface area contributed by atoms with Crippen LogP contribution < -0.4 is 0 Å². The number of hydrogen-bond donors (Lipinski definition) is 0. The molecule has 0 radical (unpaired) electrons. The molecule has 0 amide bonds. The third kappa shape index (κ3) is 2.06. The Morgan fingerprint density at radius 3 is 2.32 bits per heavy atom. The van der Waals surface area contributed by atoms with Gasteiger partial charge in [-0.15, -0.1) is 5.73 Å². The van der Waals surface area contributed by atoms with Gasteiger partial charge in [-0.3, -0.25) is 14.4 Å². The van der Waals surface area contributed by atoms with Gasteiger partial charge in [0.05, 0.1) is 14.2 Å². The SMILES string of the molecule is C=C=C1CC(C(=O)OC)(C(=O)OC)CC12C=CC(=O)C=C2C. The number of ketones is 1. The van der Waals surface area contributed by atoms with Crippen molar-refractivity contribution in [3.8, 4) is 0 Å². The monoisotopic (exact) mass is 302 g/mol. The summed E-state index contributed by atoms with van der Waals surface area (Å²) in [4.78, 5) is 36.2. The number of rotatable bonds is 2. The Balaban J connectivity index is 2.62. The lowest BCUT2D eigenvalue weighted by molar-refractivity contribution is -0.168. The molecule has 1 spiro atoms. The molecule has 1 atom stereocenters. The van der Waals surface area contributed by atoms with Crippen LogP contribution in [0.25, 0.3) is 0 Å². The van der Waals surface area contributed by atoms with E-state index in [1.807, 2.05) is 0 Å². The molecule has 0 saturated heterocycles. The first-order chi connectivity index (χ1) is 10.4. The molecule has 0 N–H and O–H groups in total. The topological polar surface area (TPSA) is 69.7 Å². The van der Waals surface area contributed by atoms with Crippen LogP contribution in [-0.4, -0.2) is 31.9 Å². The maximum atomic E-state index is 12.3. The second-order valence-corrected chi connectivity index (χ2v) is 5.61. The summed E-state index contributed by atoms with van der Waals surface area (Å²) in [6.45, 7) is 5.46. The first-order valence-corrected chi connectivity index (χ1v) is 6.84. The van der Waals surface area contributed by atoms with Crippen molar-refractivity contribution in [3.05, 3.63) is 41.7 Å². The van der Waals surface area contributed by atoms with E-state index < -0.39 is 22.8 Å². The zero-order chi connectivity index (χ0) is 16.5. The van der Waals surface area contributed by atoms with E-state index in [9.17, 15) is 14.4 Å². The Morgan fingerprint density at radius 2 is 1.86 bits per heavy atom. The number of methoxy groups -OCH3 is 2. The third-order valence-electron chi connectivity index (χ3n) is 4.56. The van der Waals surface area contributed by atoms with Crippen molar-refractivity contribution in [1.82, 2.24) is 0 Å². The van der Waals surface area contributed by atoms with E-state index >= 15 is 0 Å². The van der Waals surface area contributed by atoms with E-state index in [0.29, 0.717) is 5.57 Å². The number of hydrogen-bond acceptors (Lipinski definition) is 5. The van der Waals surface area contributed by atoms with Crippen molar-refractivity contribution in [1.29, 1.82) is 0 Å². The minimum absolute atomic E-state index is 0.111. The van der Waals surface area contributed by atoms with E-state index in [1.165, 1.54) is 26.4 Å². The number of allylic oxidation sites excluding steroid dienone is 5. The molecule has 0 aromatic heterocycles. The quantitative estimate of drug-likeness (QED) is 0.442. The van der Waals surface area contributed by atoms with Gasteiger partial charge >= 0.3 is 11.9 Å². The summed E-state index contributed by atoms with van der Waals surface area (Å²) < 4.78 is 9.66. The number of carbonyl (C=O) groups is 3. The Hall–Kier alpha value is -2.39. The van der Waals surface area contributed by atoms with E-state index in [2.05, 4.69) is 12.3 Å². The Labute approximate surface area is 129 Å². The molecule has 1 unspecified atom stereocenters. The van der Waals surface area contributed by atoms with Crippen LogP contribution in [0.2, 0.25) is 0 Å². The second kappa shape index (κ2) is 5.43. The van der Waals surface area contributed by atoms with E-state index in [1.54, 1.807) is 13.0 Å². The Bertz CT molecular complexity index is 645. The van der Waals surface area contributed by atoms with Crippen LogP contribution in [-0.2, 0) is 23.9 Å². The summed E-state index contributed by atoms with van der Waals surface area (Å²) in [5.41, 5.74) is 2.10. The maximum Gasteiger partial charge on any atom is 0.323 e. The fourth-order valence-electron chi connectivity index (χ4n) is 3.37. The van der Waals surface area contributed by atoms with Gasteiger partial charge in [0.1, 0.15) is 0 Å². The molecule has 0 aromatic rings. The molecule has 2 rings (SSSR count). The average Bonchev–Trinajstić information content (AvgIpc) is 2.86. The summed E-state index contributed by atoms with van der Waals surface area (Å²) >= 11 is 0. The molecule has 0 bridgehead atoms. The average molecular weight is 302 g/mol. The van der Waals surface area contributed by atoms with Gasteiger partial charge in [0, 0.05) is 11.8 Å². The van der Waals surface area contributed by atoms with Gasteiger partial charge in [0.15, 0.2) is 11.2 Å². The van der Waals surface area contributed by atoms with Crippen molar-refractivity contribution < 1.29 is 23.9 Å². The van der Waals surface area contributed by atoms with Gasteiger partial charge in [-0.2, -0.15) is 0 Å². The lowest BCUT2D eigenvalue weighted by Gasteiger charge is -2.31. The molecule has 2 aliphatic rings. The summed E-state index contributed by atoms with van der Waals surface area (Å²) in [7, 11) is 2.47. The van der Waals surface area contributed by atoms with Crippen molar-refractivity contribution in [3.63, 3.8) is 0 Å². The first kappa shape index (κ1) is 16.0. The van der Waals surface area contributed by atoms with Crippen LogP contribution in [0.4, 0.5) is 0 Å². The lowest BCUT2D eigenvalue weighted by atomic mass is 9.71. The molecule has 22 heavy (non-hydrogen) atoms. The lowest BCUT2D eigenvalue weighted by Crippen LogP contribution is -2.40. The van der Waals surface area contributed by atoms with Crippen LogP contribution in [0.1, 0.15) is 19.8 Å². The van der Waals surface area contributed by atoms with Crippen LogP contribution in [0.5, 0.6) is 0 Å². The normalized spacial score (nSPS) is 25.7. The van der Waals surface area contributed by atoms with Gasteiger partial charge in [0.25, 0.3) is 0 Å². The molecule has 1 saturated carbocycles. The highest BCUT2D eigenvalue weighted by molar-refractivity contribution is 6.03. The minimum atomic E-state index is -1.44. The highest BCUT2D eigenvalue weighted by Gasteiger charge is 2.61. The second-order valence-electron chi connectivity index (χ2n) is 5.61. The zero-order valence-corrected chi connectivity index (χ0v) is 12.9. The predicted octanol–water partition coefficient (Wildman–Crippen LogP) is 1.90. The minimum Gasteiger partial charge on any atom is -0.468 e. The molecular weight excluding hydrogens is 284 g/mol. The van der Waals surface area contributed by atoms with Crippen LogP contribution in [0, 0.1) is 10.8 Å². The molecular formula is C17H18O5. The molecule has 2 aliphatic carbocycles. The van der Waals surface area contributed by atoms with Crippen LogP contribution in [0.3, 0.4) is 0 Å². The van der Waals surface area contributed by atoms with Gasteiger partial charge in [-0.05, 0) is 31.1 Å². The molecule has 5 heteroatoms. The van der Waals surface area contributed by atoms with Crippen molar-refractivity contribution in [2.75, 3.05) is 14.2 Å². The molecule has 116 valence electrons. The summed E-state index contributed by atoms with van der Waals surface area (Å²) in [6.07, 6.45) is 4.91. The van der Waals surface area contributed by atoms with E-state index in [4.69, 9.17) is 9.47 Å². The van der Waals surface area contributed by atoms with Crippen LogP contribution in [0.15, 0.2) is 41.7 Å². The largest absolute Gasteiger partial charge is 0.468 e. The standard InChI is InChI=1S/C17H18O5/c1-5-12-9-17(14(19)21-3,15(20)22-4)10-16(12)7-6-13(18)8-11(16)2/h6-8H,1,9-10H2,2-4H3. The smallest absolute Gasteiger partial charge is 0.323 e. The van der Waals surface area contributed by atoms with Crippen LogP contribution >= 0.6 is 0 Å². The summed E-state index contributed by atoms with van der Waals surface area (Å²) in [6, 6.07) is 0. The Kier molecular flexibility index (Phi) is 3.94. The summed E-state index contributed by atoms with van der Waals surface area (Å²) in [5, 5.41) is 0.